The average Bonchev–Trinajstić information content (AvgIpc) is 2.57. The van der Waals surface area contributed by atoms with Crippen LogP contribution in [0.4, 0.5) is 0 Å². The summed E-state index contributed by atoms with van der Waals surface area (Å²) in [5.41, 5.74) is 7.30. The minimum absolute atomic E-state index is 0.192. The lowest BCUT2D eigenvalue weighted by Gasteiger charge is -2.32. The molecule has 2 N–H and O–H groups in total. The first-order chi connectivity index (χ1) is 11.2. The Hall–Kier alpha value is -1.26. The molecular weight excluding hydrogens is 288 g/mol. The molecule has 0 heterocycles. The Morgan fingerprint density at radius 2 is 1.78 bits per heavy atom. The molecule has 0 fully saturated rings. The topological polar surface area (TPSA) is 47.7 Å². The van der Waals surface area contributed by atoms with E-state index >= 15 is 0 Å². The number of ether oxygens (including phenoxy) is 2. The molecule has 1 atom stereocenters. The molecule has 23 heavy (non-hydrogen) atoms. The van der Waals surface area contributed by atoms with Crippen LogP contribution in [0.1, 0.15) is 58.1 Å². The van der Waals surface area contributed by atoms with E-state index in [1.54, 1.807) is 7.11 Å². The lowest BCUT2D eigenvalue weighted by Crippen LogP contribution is -2.35. The molecule has 0 saturated carbocycles. The lowest BCUT2D eigenvalue weighted by atomic mass is 10.0. The minimum atomic E-state index is 0.192. The smallest absolute Gasteiger partial charge is 0.127 e. The van der Waals surface area contributed by atoms with Crippen LogP contribution < -0.4 is 15.2 Å². The van der Waals surface area contributed by atoms with Gasteiger partial charge in [0.2, 0.25) is 0 Å². The highest BCUT2D eigenvalue weighted by molar-refractivity contribution is 5.42. The molecule has 0 amide bonds. The number of unbranched alkanes of at least 4 members (excludes halogenated alkanes) is 1. The van der Waals surface area contributed by atoms with Gasteiger partial charge in [0.1, 0.15) is 11.5 Å². The molecule has 132 valence electrons. The van der Waals surface area contributed by atoms with Crippen molar-refractivity contribution in [2.75, 3.05) is 33.4 Å². The monoisotopic (exact) mass is 322 g/mol. The molecule has 0 aliphatic carbocycles. The quantitative estimate of drug-likeness (QED) is 0.591. The average molecular weight is 322 g/mol. The van der Waals surface area contributed by atoms with Gasteiger partial charge in [-0.15, -0.1) is 0 Å². The van der Waals surface area contributed by atoms with E-state index in [4.69, 9.17) is 15.2 Å². The second-order valence-electron chi connectivity index (χ2n) is 5.89. The fourth-order valence-electron chi connectivity index (χ4n) is 2.84. The van der Waals surface area contributed by atoms with Crippen LogP contribution in [0.3, 0.4) is 0 Å². The van der Waals surface area contributed by atoms with E-state index in [0.717, 1.165) is 56.9 Å². The zero-order chi connectivity index (χ0) is 17.1. The summed E-state index contributed by atoms with van der Waals surface area (Å²) >= 11 is 0. The maximum Gasteiger partial charge on any atom is 0.127 e. The summed E-state index contributed by atoms with van der Waals surface area (Å²) in [4.78, 5) is 2.47. The Kier molecular flexibility index (Phi) is 9.72. The Balaban J connectivity index is 3.07. The summed E-state index contributed by atoms with van der Waals surface area (Å²) in [5.74, 6) is 1.74. The molecule has 4 nitrogen and oxygen atoms in total. The van der Waals surface area contributed by atoms with Crippen molar-refractivity contribution in [2.24, 2.45) is 5.73 Å². The van der Waals surface area contributed by atoms with Crippen molar-refractivity contribution in [1.82, 2.24) is 4.90 Å². The van der Waals surface area contributed by atoms with Gasteiger partial charge in [-0.05, 0) is 38.4 Å². The van der Waals surface area contributed by atoms with Gasteiger partial charge < -0.3 is 15.2 Å². The predicted octanol–water partition coefficient (Wildman–Crippen LogP) is 4.00. The van der Waals surface area contributed by atoms with E-state index in [2.05, 4.69) is 31.7 Å². The van der Waals surface area contributed by atoms with Crippen molar-refractivity contribution in [3.05, 3.63) is 23.8 Å². The summed E-state index contributed by atoms with van der Waals surface area (Å²) in [6, 6.07) is 6.29. The second-order valence-corrected chi connectivity index (χ2v) is 5.89. The highest BCUT2D eigenvalue weighted by atomic mass is 16.5. The van der Waals surface area contributed by atoms with Gasteiger partial charge in [-0.3, -0.25) is 4.90 Å². The summed E-state index contributed by atoms with van der Waals surface area (Å²) in [5, 5.41) is 0. The van der Waals surface area contributed by atoms with Crippen LogP contribution in [0.2, 0.25) is 0 Å². The molecule has 0 spiro atoms. The molecular formula is C19H34N2O2. The number of hydrogen-bond donors (Lipinski definition) is 1. The largest absolute Gasteiger partial charge is 0.497 e. The number of methoxy groups -OCH3 is 1. The van der Waals surface area contributed by atoms with Crippen molar-refractivity contribution in [3.8, 4) is 11.5 Å². The molecule has 0 bridgehead atoms. The molecule has 0 saturated heterocycles. The van der Waals surface area contributed by atoms with Gasteiger partial charge in [0.25, 0.3) is 0 Å². The number of hydrogen-bond acceptors (Lipinski definition) is 4. The molecule has 1 unspecified atom stereocenters. The van der Waals surface area contributed by atoms with E-state index < -0.39 is 0 Å². The Bertz CT molecular complexity index is 431. The van der Waals surface area contributed by atoms with Crippen LogP contribution in [0.5, 0.6) is 11.5 Å². The normalized spacial score (nSPS) is 12.4. The Labute approximate surface area is 142 Å². The van der Waals surface area contributed by atoms with Crippen molar-refractivity contribution in [2.45, 2.75) is 52.5 Å². The van der Waals surface area contributed by atoms with E-state index in [1.807, 2.05) is 12.1 Å². The number of nitrogens with zero attached hydrogens (tertiary/aromatic N) is 1. The van der Waals surface area contributed by atoms with Crippen molar-refractivity contribution in [3.63, 3.8) is 0 Å². The summed E-state index contributed by atoms with van der Waals surface area (Å²) in [6.45, 7) is 10.0. The number of nitrogens with two attached hydrogens (primary N) is 1. The Morgan fingerprint density at radius 3 is 2.30 bits per heavy atom. The summed E-state index contributed by atoms with van der Waals surface area (Å²) in [7, 11) is 1.69. The van der Waals surface area contributed by atoms with Gasteiger partial charge in [-0.25, -0.2) is 0 Å². The highest BCUT2D eigenvalue weighted by Crippen LogP contribution is 2.33. The lowest BCUT2D eigenvalue weighted by molar-refractivity contribution is 0.195. The fourth-order valence-corrected chi connectivity index (χ4v) is 2.84. The van der Waals surface area contributed by atoms with Crippen LogP contribution in [0.25, 0.3) is 0 Å². The first-order valence-electron chi connectivity index (χ1n) is 8.96. The van der Waals surface area contributed by atoms with Crippen molar-refractivity contribution >= 4 is 0 Å². The van der Waals surface area contributed by atoms with Crippen molar-refractivity contribution in [1.29, 1.82) is 0 Å². The molecule has 0 aliphatic heterocycles. The third kappa shape index (κ3) is 6.04. The van der Waals surface area contributed by atoms with Gasteiger partial charge in [0.15, 0.2) is 0 Å². The summed E-state index contributed by atoms with van der Waals surface area (Å²) < 4.78 is 11.4. The molecule has 0 aromatic heterocycles. The van der Waals surface area contributed by atoms with Crippen LogP contribution in [-0.2, 0) is 0 Å². The van der Waals surface area contributed by atoms with Crippen LogP contribution in [0.15, 0.2) is 18.2 Å². The third-order valence-electron chi connectivity index (χ3n) is 4.02. The van der Waals surface area contributed by atoms with Gasteiger partial charge in [0, 0.05) is 18.2 Å². The molecule has 1 aromatic rings. The molecule has 0 radical (unpaired) electrons. The number of rotatable bonds is 12. The predicted molar refractivity (Wildman–Crippen MR) is 97.3 cm³/mol. The maximum atomic E-state index is 6.13. The highest BCUT2D eigenvalue weighted by Gasteiger charge is 2.22. The van der Waals surface area contributed by atoms with E-state index in [1.165, 1.54) is 5.56 Å². The zero-order valence-electron chi connectivity index (χ0n) is 15.3. The van der Waals surface area contributed by atoms with E-state index in [9.17, 15) is 0 Å². The molecule has 1 aromatic carbocycles. The SMILES string of the molecule is CCCCOc1cc(OC)ccc1C(CN)N(CCC)CCC. The Morgan fingerprint density at radius 1 is 1.09 bits per heavy atom. The molecule has 1 rings (SSSR count). The number of benzene rings is 1. The first-order valence-corrected chi connectivity index (χ1v) is 8.96. The minimum Gasteiger partial charge on any atom is -0.497 e. The van der Waals surface area contributed by atoms with Gasteiger partial charge in [0.05, 0.1) is 19.8 Å². The van der Waals surface area contributed by atoms with Gasteiger partial charge in [-0.1, -0.05) is 33.3 Å². The van der Waals surface area contributed by atoms with Gasteiger partial charge in [-0.2, -0.15) is 0 Å². The van der Waals surface area contributed by atoms with Crippen LogP contribution in [0, 0.1) is 0 Å². The van der Waals surface area contributed by atoms with Crippen LogP contribution >= 0.6 is 0 Å². The zero-order valence-corrected chi connectivity index (χ0v) is 15.3. The van der Waals surface area contributed by atoms with Gasteiger partial charge >= 0.3 is 0 Å². The van der Waals surface area contributed by atoms with E-state index in [-0.39, 0.29) is 6.04 Å². The maximum absolute atomic E-state index is 6.13. The fraction of sp³-hybridized carbons (Fsp3) is 0.684. The second kappa shape index (κ2) is 11.3. The summed E-state index contributed by atoms with van der Waals surface area (Å²) in [6.07, 6.45) is 4.42. The molecule has 4 heteroatoms. The first kappa shape index (κ1) is 19.8. The third-order valence-corrected chi connectivity index (χ3v) is 4.02. The standard InChI is InChI=1S/C19H34N2O2/c1-5-8-13-23-19-14-16(22-4)9-10-17(19)18(15-20)21(11-6-2)12-7-3/h9-10,14,18H,5-8,11-13,15,20H2,1-4H3. The molecule has 0 aliphatic rings. The van der Waals surface area contributed by atoms with Crippen LogP contribution in [-0.4, -0.2) is 38.3 Å². The van der Waals surface area contributed by atoms with E-state index in [0.29, 0.717) is 6.54 Å². The van der Waals surface area contributed by atoms with Crippen molar-refractivity contribution < 1.29 is 9.47 Å².